The molecule has 0 unspecified atom stereocenters. The van der Waals surface area contributed by atoms with Gasteiger partial charge in [-0.15, -0.1) is 0 Å². The molecule has 0 aromatic carbocycles. The average Bonchev–Trinajstić information content (AvgIpc) is 2.09. The summed E-state index contributed by atoms with van der Waals surface area (Å²) in [6.07, 6.45) is 0.844. The van der Waals surface area contributed by atoms with Crippen molar-refractivity contribution in [2.45, 2.75) is 35.7 Å². The molecule has 0 aliphatic heterocycles. The zero-order valence-corrected chi connectivity index (χ0v) is 11.1. The number of alkyl halides is 2. The third kappa shape index (κ3) is 2.58. The number of rotatable bonds is 1. The molecule has 14 heavy (non-hydrogen) atoms. The van der Waals surface area contributed by atoms with Crippen molar-refractivity contribution in [1.29, 1.82) is 0 Å². The van der Waals surface area contributed by atoms with E-state index in [9.17, 15) is 9.90 Å². The first kappa shape index (κ1) is 12.2. The van der Waals surface area contributed by atoms with Crippen LogP contribution in [0.15, 0.2) is 11.6 Å². The van der Waals surface area contributed by atoms with Gasteiger partial charge in [-0.3, -0.25) is 4.79 Å². The maximum Gasteiger partial charge on any atom is 0.303 e. The van der Waals surface area contributed by atoms with E-state index in [0.29, 0.717) is 0 Å². The van der Waals surface area contributed by atoms with Crippen molar-refractivity contribution in [1.82, 2.24) is 0 Å². The van der Waals surface area contributed by atoms with Crippen LogP contribution in [0.1, 0.15) is 13.8 Å². The van der Waals surface area contributed by atoms with Crippen LogP contribution >= 0.6 is 31.9 Å². The molecule has 0 bridgehead atoms. The molecule has 0 radical (unpaired) electrons. The first-order chi connectivity index (χ1) is 6.43. The summed E-state index contributed by atoms with van der Waals surface area (Å²) in [5, 5.41) is 9.58. The number of aliphatic hydroxyl groups is 1. The molecule has 0 saturated carbocycles. The van der Waals surface area contributed by atoms with Gasteiger partial charge < -0.3 is 9.84 Å². The van der Waals surface area contributed by atoms with Crippen molar-refractivity contribution in [2.24, 2.45) is 0 Å². The molecule has 80 valence electrons. The van der Waals surface area contributed by atoms with E-state index in [2.05, 4.69) is 31.9 Å². The Labute approximate surface area is 99.8 Å². The van der Waals surface area contributed by atoms with E-state index in [1.165, 1.54) is 6.92 Å². The fraction of sp³-hybridized carbons (Fsp3) is 0.667. The van der Waals surface area contributed by atoms with Crippen molar-refractivity contribution in [3.63, 3.8) is 0 Å². The van der Waals surface area contributed by atoms with E-state index in [4.69, 9.17) is 4.74 Å². The predicted octanol–water partition coefficient (Wildman–Crippen LogP) is 1.77. The first-order valence-electron chi connectivity index (χ1n) is 4.25. The molecule has 1 rings (SSSR count). The maximum absolute atomic E-state index is 10.8. The van der Waals surface area contributed by atoms with Crippen LogP contribution in [0.3, 0.4) is 0 Å². The van der Waals surface area contributed by atoms with Crippen LogP contribution in [0, 0.1) is 0 Å². The van der Waals surface area contributed by atoms with Gasteiger partial charge in [0.25, 0.3) is 0 Å². The largest absolute Gasteiger partial charge is 0.457 e. The molecule has 0 saturated heterocycles. The second-order valence-electron chi connectivity index (χ2n) is 3.32. The second kappa shape index (κ2) is 4.77. The minimum Gasteiger partial charge on any atom is -0.457 e. The molecule has 0 aromatic rings. The zero-order chi connectivity index (χ0) is 10.9. The Balaban J connectivity index is 2.83. The summed E-state index contributed by atoms with van der Waals surface area (Å²) < 4.78 is 5.14. The van der Waals surface area contributed by atoms with Gasteiger partial charge in [-0.2, -0.15) is 0 Å². The standard InChI is InChI=1S/C9H12Br2O3/c1-4-3-6(13)7(10)8(11)9(4)14-5(2)12/h3,6-9,13H,1-2H3/t6-,7+,8-,9-/m1/s1. The highest BCUT2D eigenvalue weighted by atomic mass is 79.9. The van der Waals surface area contributed by atoms with Crippen LogP contribution in [0.2, 0.25) is 0 Å². The lowest BCUT2D eigenvalue weighted by molar-refractivity contribution is -0.144. The number of ether oxygens (including phenoxy) is 1. The second-order valence-corrected chi connectivity index (χ2v) is 5.43. The molecule has 1 N–H and O–H groups in total. The topological polar surface area (TPSA) is 46.5 Å². The van der Waals surface area contributed by atoms with Gasteiger partial charge in [0.2, 0.25) is 0 Å². The van der Waals surface area contributed by atoms with E-state index in [1.54, 1.807) is 6.08 Å². The molecule has 0 fully saturated rings. The van der Waals surface area contributed by atoms with Crippen LogP contribution in [-0.2, 0) is 9.53 Å². The highest BCUT2D eigenvalue weighted by Gasteiger charge is 2.37. The quantitative estimate of drug-likeness (QED) is 0.453. The monoisotopic (exact) mass is 326 g/mol. The van der Waals surface area contributed by atoms with Crippen molar-refractivity contribution in [3.05, 3.63) is 11.6 Å². The molecule has 5 heteroatoms. The van der Waals surface area contributed by atoms with Crippen molar-refractivity contribution >= 4 is 37.8 Å². The summed E-state index contributed by atoms with van der Waals surface area (Å²) in [7, 11) is 0. The maximum atomic E-state index is 10.8. The lowest BCUT2D eigenvalue weighted by Crippen LogP contribution is -2.43. The highest BCUT2D eigenvalue weighted by molar-refractivity contribution is 9.12. The van der Waals surface area contributed by atoms with Crippen molar-refractivity contribution in [2.75, 3.05) is 0 Å². The molecule has 1 aliphatic rings. The van der Waals surface area contributed by atoms with Gasteiger partial charge in [-0.1, -0.05) is 37.9 Å². The first-order valence-corrected chi connectivity index (χ1v) is 6.08. The van der Waals surface area contributed by atoms with E-state index < -0.39 is 6.10 Å². The molecule has 1 aliphatic carbocycles. The Morgan fingerprint density at radius 1 is 1.50 bits per heavy atom. The lowest BCUT2D eigenvalue weighted by atomic mass is 9.95. The van der Waals surface area contributed by atoms with Crippen molar-refractivity contribution in [3.8, 4) is 0 Å². The van der Waals surface area contributed by atoms with Gasteiger partial charge in [0.1, 0.15) is 6.10 Å². The van der Waals surface area contributed by atoms with Gasteiger partial charge in [-0.25, -0.2) is 0 Å². The minimum atomic E-state index is -0.550. The molecule has 4 atom stereocenters. The number of hydrogen-bond acceptors (Lipinski definition) is 3. The molecular formula is C9H12Br2O3. The van der Waals surface area contributed by atoms with Gasteiger partial charge in [0, 0.05) is 6.92 Å². The SMILES string of the molecule is CC(=O)O[C@@H]1C(C)=C[C@@H](O)[C@H](Br)[C@H]1Br. The number of esters is 1. The van der Waals surface area contributed by atoms with Gasteiger partial charge in [-0.05, 0) is 12.5 Å². The Bertz CT molecular complexity index is 265. The van der Waals surface area contributed by atoms with E-state index >= 15 is 0 Å². The molecule has 0 aromatic heterocycles. The molecule has 0 spiro atoms. The Hall–Kier alpha value is 0.130. The van der Waals surface area contributed by atoms with Gasteiger partial charge in [0.15, 0.2) is 0 Å². The fourth-order valence-corrected chi connectivity index (χ4v) is 2.67. The Morgan fingerprint density at radius 3 is 2.57 bits per heavy atom. The van der Waals surface area contributed by atoms with Gasteiger partial charge >= 0.3 is 5.97 Å². The molecule has 0 heterocycles. The molecule has 0 amide bonds. The average molecular weight is 328 g/mol. The lowest BCUT2D eigenvalue weighted by Gasteiger charge is -2.33. The smallest absolute Gasteiger partial charge is 0.303 e. The Morgan fingerprint density at radius 2 is 2.07 bits per heavy atom. The zero-order valence-electron chi connectivity index (χ0n) is 7.91. The number of carbonyl (C=O) groups excluding carboxylic acids is 1. The third-order valence-corrected chi connectivity index (χ3v) is 4.97. The van der Waals surface area contributed by atoms with E-state index in [1.807, 2.05) is 6.92 Å². The van der Waals surface area contributed by atoms with E-state index in [-0.39, 0.29) is 21.7 Å². The Kier molecular flexibility index (Phi) is 4.15. The predicted molar refractivity (Wildman–Crippen MR) is 60.7 cm³/mol. The summed E-state index contributed by atoms with van der Waals surface area (Å²) >= 11 is 6.75. The molecular weight excluding hydrogens is 316 g/mol. The normalized spacial score (nSPS) is 37.6. The highest BCUT2D eigenvalue weighted by Crippen LogP contribution is 2.32. The van der Waals surface area contributed by atoms with Crippen LogP contribution in [0.25, 0.3) is 0 Å². The summed E-state index contributed by atoms with van der Waals surface area (Å²) in [6, 6.07) is 0. The summed E-state index contributed by atoms with van der Waals surface area (Å²) in [5.74, 6) is -0.316. The number of hydrogen-bond donors (Lipinski definition) is 1. The number of carbonyl (C=O) groups is 1. The van der Waals surface area contributed by atoms with Crippen LogP contribution in [0.5, 0.6) is 0 Å². The van der Waals surface area contributed by atoms with Crippen LogP contribution in [-0.4, -0.2) is 32.9 Å². The van der Waals surface area contributed by atoms with Crippen LogP contribution < -0.4 is 0 Å². The number of halogens is 2. The van der Waals surface area contributed by atoms with Gasteiger partial charge in [0.05, 0.1) is 15.8 Å². The number of aliphatic hydroxyl groups excluding tert-OH is 1. The van der Waals surface area contributed by atoms with Crippen molar-refractivity contribution < 1.29 is 14.6 Å². The fourth-order valence-electron chi connectivity index (χ4n) is 1.40. The minimum absolute atomic E-state index is 0.105. The summed E-state index contributed by atoms with van der Waals surface area (Å²) in [4.78, 5) is 10.6. The summed E-state index contributed by atoms with van der Waals surface area (Å²) in [5.41, 5.74) is 0.866. The van der Waals surface area contributed by atoms with E-state index in [0.717, 1.165) is 5.57 Å². The summed E-state index contributed by atoms with van der Waals surface area (Å²) in [6.45, 7) is 3.21. The molecule has 3 nitrogen and oxygen atoms in total. The van der Waals surface area contributed by atoms with Crippen LogP contribution in [0.4, 0.5) is 0 Å². The third-order valence-electron chi connectivity index (χ3n) is 2.10.